The van der Waals surface area contributed by atoms with E-state index < -0.39 is 35.2 Å². The lowest BCUT2D eigenvalue weighted by Gasteiger charge is -2.36. The fourth-order valence-corrected chi connectivity index (χ4v) is 8.25. The zero-order valence-corrected chi connectivity index (χ0v) is 28.3. The summed E-state index contributed by atoms with van der Waals surface area (Å²) < 4.78 is 10.8. The average molecular weight is 690 g/mol. The first kappa shape index (κ1) is 33.0. The van der Waals surface area contributed by atoms with Crippen molar-refractivity contribution < 1.29 is 29.0 Å². The number of fused-ring (bicyclic) bond motifs is 5. The van der Waals surface area contributed by atoms with Gasteiger partial charge in [0.05, 0.1) is 36.9 Å². The van der Waals surface area contributed by atoms with E-state index >= 15 is 0 Å². The summed E-state index contributed by atoms with van der Waals surface area (Å²) in [6.07, 6.45) is 5.34. The Morgan fingerprint density at radius 3 is 2.13 bits per heavy atom. The largest absolute Gasteiger partial charge is 0.496 e. The van der Waals surface area contributed by atoms with Gasteiger partial charge < -0.3 is 14.6 Å². The van der Waals surface area contributed by atoms with Crippen molar-refractivity contribution in [1.82, 2.24) is 14.9 Å². The minimum Gasteiger partial charge on any atom is -0.496 e. The number of allylic oxidation sites excluding steroid dienone is 2. The maximum Gasteiger partial charge on any atom is 0.341 e. The number of hydrogen-bond acceptors (Lipinski definition) is 8. The van der Waals surface area contributed by atoms with Gasteiger partial charge in [0, 0.05) is 29.8 Å². The average Bonchev–Trinajstić information content (AvgIpc) is 3.82. The van der Waals surface area contributed by atoms with Gasteiger partial charge in [-0.15, -0.1) is 0 Å². The number of aromatic nitrogens is 2. The van der Waals surface area contributed by atoms with Crippen LogP contribution < -0.4 is 4.74 Å². The molecule has 3 aromatic carbocycles. The van der Waals surface area contributed by atoms with Gasteiger partial charge in [0.2, 0.25) is 11.8 Å². The molecule has 1 aliphatic heterocycles. The lowest BCUT2D eigenvalue weighted by molar-refractivity contribution is -0.141. The maximum atomic E-state index is 14.6. The maximum absolute atomic E-state index is 14.6. The highest BCUT2D eigenvalue weighted by molar-refractivity contribution is 6.08. The Bertz CT molecular complexity index is 2120. The number of amides is 2. The Hall–Kier alpha value is -6.19. The zero-order valence-electron chi connectivity index (χ0n) is 28.3. The normalized spacial score (nSPS) is 22.4. The quantitative estimate of drug-likeness (QED) is 0.110. The molecule has 2 amide bonds. The van der Waals surface area contributed by atoms with Crippen LogP contribution in [0.3, 0.4) is 0 Å². The molecule has 258 valence electrons. The van der Waals surface area contributed by atoms with E-state index in [-0.39, 0.29) is 30.5 Å². The van der Waals surface area contributed by atoms with E-state index in [4.69, 9.17) is 14.5 Å². The van der Waals surface area contributed by atoms with Crippen LogP contribution in [0.5, 0.6) is 5.75 Å². The number of methoxy groups -OCH3 is 1. The molecule has 2 fully saturated rings. The molecular weight excluding hydrogens is 654 g/mol. The van der Waals surface area contributed by atoms with Crippen LogP contribution in [-0.4, -0.2) is 58.0 Å². The van der Waals surface area contributed by atoms with Crippen LogP contribution >= 0.6 is 0 Å². The van der Waals surface area contributed by atoms with Gasteiger partial charge in [-0.3, -0.25) is 24.5 Å². The SMILES string of the molecule is COc1ccccc1C(=O)OCCN1C(=O)[C@@H]2[C@@H]3C(C(O)(c4ccccc4)c4ccccn4)=C[C@@H](C3=C(c3ccccc3)c3ccccn3)[C@@H]2C1=O. The first-order chi connectivity index (χ1) is 25.4. The van der Waals surface area contributed by atoms with Gasteiger partial charge in [-0.05, 0) is 58.7 Å². The van der Waals surface area contributed by atoms with Crippen LogP contribution in [0.4, 0.5) is 0 Å². The number of hydrogen-bond donors (Lipinski definition) is 1. The van der Waals surface area contributed by atoms with Gasteiger partial charge in [0.25, 0.3) is 0 Å². The number of ether oxygens (including phenoxy) is 2. The van der Waals surface area contributed by atoms with Crippen molar-refractivity contribution in [1.29, 1.82) is 0 Å². The number of esters is 1. The molecule has 0 radical (unpaired) electrons. The van der Waals surface area contributed by atoms with E-state index in [1.807, 2.05) is 91.0 Å². The van der Waals surface area contributed by atoms with Crippen molar-refractivity contribution in [3.8, 4) is 5.75 Å². The predicted octanol–water partition coefficient (Wildman–Crippen LogP) is 5.87. The Morgan fingerprint density at radius 1 is 0.788 bits per heavy atom. The number of para-hydroxylation sites is 1. The molecule has 2 bridgehead atoms. The summed E-state index contributed by atoms with van der Waals surface area (Å²) in [5, 5.41) is 13.1. The molecule has 3 aliphatic rings. The third-order valence-corrected chi connectivity index (χ3v) is 10.4. The molecule has 0 spiro atoms. The van der Waals surface area contributed by atoms with Gasteiger partial charge in [-0.25, -0.2) is 4.79 Å². The second kappa shape index (κ2) is 13.5. The zero-order chi connectivity index (χ0) is 35.8. The summed E-state index contributed by atoms with van der Waals surface area (Å²) in [6, 6.07) is 36.9. The number of benzene rings is 3. The Labute approximate surface area is 300 Å². The molecule has 9 heteroatoms. The molecule has 9 nitrogen and oxygen atoms in total. The summed E-state index contributed by atoms with van der Waals surface area (Å²) in [7, 11) is 1.47. The smallest absolute Gasteiger partial charge is 0.341 e. The van der Waals surface area contributed by atoms with Crippen molar-refractivity contribution in [3.63, 3.8) is 0 Å². The monoisotopic (exact) mass is 689 g/mol. The third kappa shape index (κ3) is 5.32. The summed E-state index contributed by atoms with van der Waals surface area (Å²) in [4.78, 5) is 52.5. The van der Waals surface area contributed by atoms with E-state index in [2.05, 4.69) is 4.98 Å². The molecule has 1 unspecified atom stereocenters. The number of carbonyl (C=O) groups excluding carboxylic acids is 3. The first-order valence-electron chi connectivity index (χ1n) is 17.2. The number of imide groups is 1. The van der Waals surface area contributed by atoms with Crippen LogP contribution in [0.15, 0.2) is 151 Å². The molecule has 2 aromatic heterocycles. The van der Waals surface area contributed by atoms with Crippen LogP contribution in [0.25, 0.3) is 5.57 Å². The number of carbonyl (C=O) groups is 3. The molecule has 1 saturated carbocycles. The van der Waals surface area contributed by atoms with Crippen LogP contribution in [-0.2, 0) is 19.9 Å². The molecule has 1 N–H and O–H groups in total. The first-order valence-corrected chi connectivity index (χ1v) is 17.2. The molecule has 1 saturated heterocycles. The van der Waals surface area contributed by atoms with Crippen molar-refractivity contribution >= 4 is 23.4 Å². The summed E-state index contributed by atoms with van der Waals surface area (Å²) in [6.45, 7) is -0.286. The standard InChI is InChI=1S/C43H35N3O6/c1-51-33-20-9-8-18-29(33)42(49)52-25-24-46-40(47)37-30-26-31(43(50,28-16-6-3-7-17-28)34-21-11-13-23-45-34)38(39(37)41(46)48)36(30)35(27-14-4-2-5-15-27)32-19-10-12-22-44-32/h2-23,26,30,37-39,50H,24-25H2,1H3/t30-,37-,38+,39-,43?/m0/s1. The number of rotatable bonds is 10. The van der Waals surface area contributed by atoms with Crippen molar-refractivity contribution in [2.75, 3.05) is 20.3 Å². The van der Waals surface area contributed by atoms with Gasteiger partial charge in [0.1, 0.15) is 17.9 Å². The summed E-state index contributed by atoms with van der Waals surface area (Å²) in [5.41, 5.74) is 3.41. The fourth-order valence-electron chi connectivity index (χ4n) is 8.25. The second-order valence-electron chi connectivity index (χ2n) is 13.0. The molecular formula is C43H35N3O6. The van der Waals surface area contributed by atoms with E-state index in [9.17, 15) is 19.5 Å². The topological polar surface area (TPSA) is 119 Å². The number of aliphatic hydroxyl groups is 1. The third-order valence-electron chi connectivity index (χ3n) is 10.4. The molecule has 5 aromatic rings. The van der Waals surface area contributed by atoms with Gasteiger partial charge in [-0.1, -0.05) is 91.0 Å². The Morgan fingerprint density at radius 2 is 1.44 bits per heavy atom. The van der Waals surface area contributed by atoms with Crippen molar-refractivity contribution in [3.05, 3.63) is 179 Å². The number of pyridine rings is 2. The van der Waals surface area contributed by atoms with E-state index in [0.29, 0.717) is 28.3 Å². The van der Waals surface area contributed by atoms with E-state index in [0.717, 1.165) is 16.7 Å². The lowest BCUT2D eigenvalue weighted by Crippen LogP contribution is -2.39. The number of likely N-dealkylation sites (tertiary alicyclic amines) is 1. The van der Waals surface area contributed by atoms with Crippen molar-refractivity contribution in [2.24, 2.45) is 23.7 Å². The Balaban J connectivity index is 1.23. The minimum atomic E-state index is -1.72. The van der Waals surface area contributed by atoms with Crippen LogP contribution in [0.1, 0.15) is 32.9 Å². The molecule has 52 heavy (non-hydrogen) atoms. The highest BCUT2D eigenvalue weighted by Gasteiger charge is 2.66. The van der Waals surface area contributed by atoms with Gasteiger partial charge in [0.15, 0.2) is 5.60 Å². The summed E-state index contributed by atoms with van der Waals surface area (Å²) in [5.74, 6) is -3.67. The van der Waals surface area contributed by atoms with Gasteiger partial charge >= 0.3 is 5.97 Å². The van der Waals surface area contributed by atoms with Crippen LogP contribution in [0, 0.1) is 23.7 Å². The minimum absolute atomic E-state index is 0.103. The van der Waals surface area contributed by atoms with Crippen molar-refractivity contribution in [2.45, 2.75) is 5.60 Å². The molecule has 8 rings (SSSR count). The molecule has 5 atom stereocenters. The molecule has 2 aliphatic carbocycles. The number of nitrogens with zero attached hydrogens (tertiary/aromatic N) is 3. The highest BCUT2D eigenvalue weighted by Crippen LogP contribution is 2.64. The Kier molecular flexibility index (Phi) is 8.56. The van der Waals surface area contributed by atoms with Gasteiger partial charge in [-0.2, -0.15) is 0 Å². The van der Waals surface area contributed by atoms with E-state index in [1.165, 1.54) is 12.0 Å². The summed E-state index contributed by atoms with van der Waals surface area (Å²) >= 11 is 0. The lowest BCUT2D eigenvalue weighted by atomic mass is 9.71. The van der Waals surface area contributed by atoms with Crippen LogP contribution in [0.2, 0.25) is 0 Å². The predicted molar refractivity (Wildman–Crippen MR) is 192 cm³/mol. The van der Waals surface area contributed by atoms with E-state index in [1.54, 1.807) is 48.8 Å². The highest BCUT2D eigenvalue weighted by atomic mass is 16.5. The molecule has 3 heterocycles. The fraction of sp³-hybridized carbons (Fsp3) is 0.186. The second-order valence-corrected chi connectivity index (χ2v) is 13.0.